The second kappa shape index (κ2) is 7.08. The van der Waals surface area contributed by atoms with Crippen LogP contribution in [0.5, 0.6) is 5.75 Å². The van der Waals surface area contributed by atoms with E-state index >= 15 is 0 Å². The molecule has 5 aromatic carbocycles. The maximum atomic E-state index is 11.3. The van der Waals surface area contributed by atoms with E-state index in [1.54, 1.807) is 6.07 Å². The summed E-state index contributed by atoms with van der Waals surface area (Å²) >= 11 is 0. The van der Waals surface area contributed by atoms with Gasteiger partial charge in [-0.15, -0.1) is 0 Å². The van der Waals surface area contributed by atoms with E-state index in [1.165, 1.54) is 0 Å². The standard InChI is InChI=1S/C27H20O2/c28-24-17-15-19-9-5-7-13-22(19)26(24)25-21-12-6-4-8-18(21)14-16-23(25)27(29)20-10-2-1-3-11-20/h1-17,27-29H/t27-/m0/s1. The summed E-state index contributed by atoms with van der Waals surface area (Å²) in [5.41, 5.74) is 3.23. The first-order valence-electron chi connectivity index (χ1n) is 9.70. The predicted octanol–water partition coefficient (Wildman–Crippen LogP) is 6.45. The molecule has 0 aliphatic carbocycles. The van der Waals surface area contributed by atoms with E-state index in [-0.39, 0.29) is 5.75 Å². The molecule has 0 bridgehead atoms. The van der Waals surface area contributed by atoms with Gasteiger partial charge in [-0.3, -0.25) is 0 Å². The predicted molar refractivity (Wildman–Crippen MR) is 119 cm³/mol. The number of hydrogen-bond donors (Lipinski definition) is 2. The number of phenolic OH excluding ortho intramolecular Hbond substituents is 1. The minimum absolute atomic E-state index is 0.210. The van der Waals surface area contributed by atoms with Crippen molar-refractivity contribution in [3.05, 3.63) is 114 Å². The second-order valence-corrected chi connectivity index (χ2v) is 7.24. The molecule has 0 heterocycles. The highest BCUT2D eigenvalue weighted by atomic mass is 16.3. The van der Waals surface area contributed by atoms with Crippen LogP contribution in [0.1, 0.15) is 17.2 Å². The van der Waals surface area contributed by atoms with Crippen molar-refractivity contribution in [1.82, 2.24) is 0 Å². The summed E-state index contributed by atoms with van der Waals surface area (Å²) in [6.07, 6.45) is -0.797. The van der Waals surface area contributed by atoms with Gasteiger partial charge in [0.05, 0.1) is 0 Å². The fourth-order valence-electron chi connectivity index (χ4n) is 4.13. The Kier molecular flexibility index (Phi) is 4.27. The summed E-state index contributed by atoms with van der Waals surface area (Å²) in [5, 5.41) is 26.3. The number of benzene rings is 5. The summed E-state index contributed by atoms with van der Waals surface area (Å²) in [6, 6.07) is 33.4. The molecule has 1 atom stereocenters. The van der Waals surface area contributed by atoms with Gasteiger partial charge in [0.25, 0.3) is 0 Å². The third-order valence-electron chi connectivity index (χ3n) is 5.53. The summed E-state index contributed by atoms with van der Waals surface area (Å²) in [5.74, 6) is 0.210. The maximum Gasteiger partial charge on any atom is 0.124 e. The van der Waals surface area contributed by atoms with Gasteiger partial charge in [-0.25, -0.2) is 0 Å². The highest BCUT2D eigenvalue weighted by Gasteiger charge is 2.21. The van der Waals surface area contributed by atoms with Gasteiger partial charge in [0, 0.05) is 5.56 Å². The van der Waals surface area contributed by atoms with E-state index in [0.717, 1.165) is 43.8 Å². The van der Waals surface area contributed by atoms with E-state index < -0.39 is 6.10 Å². The molecule has 0 amide bonds. The van der Waals surface area contributed by atoms with Crippen molar-refractivity contribution in [3.8, 4) is 16.9 Å². The first kappa shape index (κ1) is 17.5. The Morgan fingerprint density at radius 1 is 0.517 bits per heavy atom. The summed E-state index contributed by atoms with van der Waals surface area (Å²) in [6.45, 7) is 0. The zero-order chi connectivity index (χ0) is 19.8. The molecular weight excluding hydrogens is 356 g/mol. The number of aromatic hydroxyl groups is 1. The monoisotopic (exact) mass is 376 g/mol. The van der Waals surface area contributed by atoms with Crippen LogP contribution in [0.3, 0.4) is 0 Å². The molecule has 2 heteroatoms. The third-order valence-corrected chi connectivity index (χ3v) is 5.53. The average Bonchev–Trinajstić information content (AvgIpc) is 2.79. The first-order chi connectivity index (χ1) is 14.2. The van der Waals surface area contributed by atoms with Crippen molar-refractivity contribution < 1.29 is 10.2 Å². The molecule has 2 N–H and O–H groups in total. The molecule has 29 heavy (non-hydrogen) atoms. The van der Waals surface area contributed by atoms with Gasteiger partial charge in [-0.05, 0) is 44.3 Å². The van der Waals surface area contributed by atoms with Crippen LogP contribution >= 0.6 is 0 Å². The SMILES string of the molecule is Oc1ccc2ccccc2c1-c1c([C@@H](O)c2ccccc2)ccc2ccccc12. The number of aliphatic hydroxyl groups is 1. The number of aliphatic hydroxyl groups excluding tert-OH is 1. The van der Waals surface area contributed by atoms with Crippen molar-refractivity contribution in [1.29, 1.82) is 0 Å². The molecule has 0 saturated heterocycles. The molecule has 5 aromatic rings. The molecule has 0 fully saturated rings. The molecule has 0 aromatic heterocycles. The third kappa shape index (κ3) is 2.95. The largest absolute Gasteiger partial charge is 0.507 e. The fourth-order valence-corrected chi connectivity index (χ4v) is 4.13. The van der Waals surface area contributed by atoms with Crippen LogP contribution in [-0.4, -0.2) is 10.2 Å². The fraction of sp³-hybridized carbons (Fsp3) is 0.0370. The molecule has 0 unspecified atom stereocenters. The molecule has 5 rings (SSSR count). The topological polar surface area (TPSA) is 40.5 Å². The normalized spacial score (nSPS) is 12.3. The minimum Gasteiger partial charge on any atom is -0.507 e. The van der Waals surface area contributed by atoms with Gasteiger partial charge in [-0.1, -0.05) is 97.1 Å². The zero-order valence-corrected chi connectivity index (χ0v) is 15.8. The zero-order valence-electron chi connectivity index (χ0n) is 15.8. The van der Waals surface area contributed by atoms with E-state index in [1.807, 2.05) is 91.0 Å². The van der Waals surface area contributed by atoms with Crippen LogP contribution in [0, 0.1) is 0 Å². The first-order valence-corrected chi connectivity index (χ1v) is 9.70. The summed E-state index contributed by atoms with van der Waals surface area (Å²) in [4.78, 5) is 0. The molecule has 0 aliphatic heterocycles. The smallest absolute Gasteiger partial charge is 0.124 e. The van der Waals surface area contributed by atoms with Crippen LogP contribution < -0.4 is 0 Å². The van der Waals surface area contributed by atoms with Gasteiger partial charge in [0.1, 0.15) is 11.9 Å². The quantitative estimate of drug-likeness (QED) is 0.380. The molecular formula is C27H20O2. The Morgan fingerprint density at radius 2 is 1.07 bits per heavy atom. The Bertz CT molecular complexity index is 1320. The van der Waals surface area contributed by atoms with E-state index in [0.29, 0.717) is 0 Å². The number of phenols is 1. The molecule has 2 nitrogen and oxygen atoms in total. The Balaban J connectivity index is 1.89. The van der Waals surface area contributed by atoms with Crippen LogP contribution in [0.15, 0.2) is 103 Å². The van der Waals surface area contributed by atoms with Gasteiger partial charge < -0.3 is 10.2 Å². The Hall–Kier alpha value is -3.62. The highest BCUT2D eigenvalue weighted by molar-refractivity contribution is 6.08. The summed E-state index contributed by atoms with van der Waals surface area (Å²) < 4.78 is 0. The van der Waals surface area contributed by atoms with Gasteiger partial charge in [-0.2, -0.15) is 0 Å². The Morgan fingerprint density at radius 3 is 1.76 bits per heavy atom. The van der Waals surface area contributed by atoms with Crippen LogP contribution in [0.25, 0.3) is 32.7 Å². The van der Waals surface area contributed by atoms with Gasteiger partial charge in [0.15, 0.2) is 0 Å². The lowest BCUT2D eigenvalue weighted by Gasteiger charge is -2.20. The molecule has 0 aliphatic rings. The average molecular weight is 376 g/mol. The lowest BCUT2D eigenvalue weighted by atomic mass is 9.86. The van der Waals surface area contributed by atoms with E-state index in [2.05, 4.69) is 6.07 Å². The van der Waals surface area contributed by atoms with Crippen molar-refractivity contribution in [2.45, 2.75) is 6.10 Å². The lowest BCUT2D eigenvalue weighted by Crippen LogP contribution is -2.03. The Labute approximate surface area is 169 Å². The van der Waals surface area contributed by atoms with Gasteiger partial charge in [0.2, 0.25) is 0 Å². The van der Waals surface area contributed by atoms with Crippen LogP contribution in [0.2, 0.25) is 0 Å². The molecule has 140 valence electrons. The van der Waals surface area contributed by atoms with Crippen LogP contribution in [-0.2, 0) is 0 Å². The van der Waals surface area contributed by atoms with E-state index in [9.17, 15) is 10.2 Å². The van der Waals surface area contributed by atoms with Gasteiger partial charge >= 0.3 is 0 Å². The van der Waals surface area contributed by atoms with Crippen molar-refractivity contribution in [2.24, 2.45) is 0 Å². The molecule has 0 spiro atoms. The lowest BCUT2D eigenvalue weighted by molar-refractivity contribution is 0.221. The highest BCUT2D eigenvalue weighted by Crippen LogP contribution is 2.44. The number of hydrogen-bond acceptors (Lipinski definition) is 2. The van der Waals surface area contributed by atoms with E-state index in [4.69, 9.17) is 0 Å². The summed E-state index contributed by atoms with van der Waals surface area (Å²) in [7, 11) is 0. The molecule has 0 saturated carbocycles. The molecule has 0 radical (unpaired) electrons. The second-order valence-electron chi connectivity index (χ2n) is 7.24. The van der Waals surface area contributed by atoms with Crippen molar-refractivity contribution in [2.75, 3.05) is 0 Å². The van der Waals surface area contributed by atoms with Crippen LogP contribution in [0.4, 0.5) is 0 Å². The van der Waals surface area contributed by atoms with Crippen molar-refractivity contribution in [3.63, 3.8) is 0 Å². The van der Waals surface area contributed by atoms with Crippen molar-refractivity contribution >= 4 is 21.5 Å². The number of rotatable bonds is 3. The number of fused-ring (bicyclic) bond motifs is 2. The minimum atomic E-state index is -0.797. The maximum absolute atomic E-state index is 11.3.